The summed E-state index contributed by atoms with van der Waals surface area (Å²) in [4.78, 5) is 10.2. The van der Waals surface area contributed by atoms with Crippen LogP contribution in [-0.4, -0.2) is 29.2 Å². The normalized spacial score (nSPS) is 30.2. The highest BCUT2D eigenvalue weighted by Crippen LogP contribution is 2.32. The smallest absolute Gasteiger partial charge is 0.404 e. The van der Waals surface area contributed by atoms with Crippen LogP contribution in [0, 0.1) is 0 Å². The van der Waals surface area contributed by atoms with Gasteiger partial charge in [0, 0.05) is 18.9 Å². The summed E-state index contributed by atoms with van der Waals surface area (Å²) >= 11 is 0. The van der Waals surface area contributed by atoms with Gasteiger partial charge in [-0.3, -0.25) is 0 Å². The van der Waals surface area contributed by atoms with Crippen molar-refractivity contribution in [1.29, 1.82) is 0 Å². The zero-order chi connectivity index (χ0) is 10.1. The van der Waals surface area contributed by atoms with Gasteiger partial charge in [-0.05, 0) is 6.42 Å². The first-order valence-corrected chi connectivity index (χ1v) is 4.03. The van der Waals surface area contributed by atoms with Crippen LogP contribution in [-0.2, 0) is 0 Å². The molecule has 1 amide bonds. The Hall–Kier alpha value is -0.620. The zero-order valence-corrected chi connectivity index (χ0v) is 8.19. The lowest BCUT2D eigenvalue weighted by atomic mass is 9.88. The van der Waals surface area contributed by atoms with Crippen LogP contribution in [0.5, 0.6) is 0 Å². The summed E-state index contributed by atoms with van der Waals surface area (Å²) in [5.41, 5.74) is 5.49. The molecule has 1 rings (SSSR count). The van der Waals surface area contributed by atoms with Crippen molar-refractivity contribution < 1.29 is 18.7 Å². The number of nitrogens with two attached hydrogens (primary N) is 1. The molecule has 0 spiro atoms. The van der Waals surface area contributed by atoms with E-state index in [1.54, 1.807) is 0 Å². The van der Waals surface area contributed by atoms with Crippen LogP contribution in [0.3, 0.4) is 0 Å². The van der Waals surface area contributed by atoms with Gasteiger partial charge in [0.15, 0.2) is 0 Å². The molecular weight excluding hydrogens is 218 g/mol. The summed E-state index contributed by atoms with van der Waals surface area (Å²) in [5.74, 6) is -2.79. The lowest BCUT2D eigenvalue weighted by Crippen LogP contribution is -2.53. The molecule has 0 radical (unpaired) electrons. The van der Waals surface area contributed by atoms with Gasteiger partial charge >= 0.3 is 6.09 Å². The molecule has 14 heavy (non-hydrogen) atoms. The first-order chi connectivity index (χ1) is 5.91. The Kier molecular flexibility index (Phi) is 4.54. The van der Waals surface area contributed by atoms with Gasteiger partial charge in [0.2, 0.25) is 5.92 Å². The van der Waals surface area contributed by atoms with Crippen molar-refractivity contribution in [3.8, 4) is 0 Å². The molecule has 0 aromatic rings. The highest BCUT2D eigenvalue weighted by atomic mass is 35.5. The number of carboxylic acid groups (broad SMARTS) is 1. The van der Waals surface area contributed by atoms with Crippen LogP contribution in [0.1, 0.15) is 19.3 Å². The van der Waals surface area contributed by atoms with Gasteiger partial charge in [-0.15, -0.1) is 12.4 Å². The topological polar surface area (TPSA) is 75.3 Å². The van der Waals surface area contributed by atoms with E-state index in [-0.39, 0.29) is 25.2 Å². The highest BCUT2D eigenvalue weighted by Gasteiger charge is 2.40. The SMILES string of the molecule is Cl.N[C@@H]1CCC(F)(F)C[C@H]1NC(=O)O. The van der Waals surface area contributed by atoms with E-state index >= 15 is 0 Å². The fraction of sp³-hybridized carbons (Fsp3) is 0.857. The molecule has 7 heteroatoms. The molecule has 1 fully saturated rings. The molecule has 0 saturated heterocycles. The number of hydrogen-bond acceptors (Lipinski definition) is 2. The maximum Gasteiger partial charge on any atom is 0.404 e. The zero-order valence-electron chi connectivity index (χ0n) is 7.37. The Labute approximate surface area is 86.3 Å². The molecule has 1 saturated carbocycles. The minimum absolute atomic E-state index is 0. The molecule has 0 aromatic heterocycles. The molecule has 0 aliphatic heterocycles. The Morgan fingerprint density at radius 1 is 1.57 bits per heavy atom. The van der Waals surface area contributed by atoms with Gasteiger partial charge in [0.05, 0.1) is 6.04 Å². The first-order valence-electron chi connectivity index (χ1n) is 4.03. The monoisotopic (exact) mass is 230 g/mol. The second-order valence-electron chi connectivity index (χ2n) is 3.32. The van der Waals surface area contributed by atoms with E-state index in [1.165, 1.54) is 0 Å². The number of hydrogen-bond donors (Lipinski definition) is 3. The van der Waals surface area contributed by atoms with Crippen molar-refractivity contribution in [2.75, 3.05) is 0 Å². The standard InChI is InChI=1S/C7H12F2N2O2.ClH/c8-7(9)2-1-4(10)5(3-7)11-6(12)13;/h4-5,11H,1-3,10H2,(H,12,13);1H/t4-,5-;/m1./s1. The van der Waals surface area contributed by atoms with Crippen LogP contribution >= 0.6 is 12.4 Å². The highest BCUT2D eigenvalue weighted by molar-refractivity contribution is 5.85. The molecule has 0 heterocycles. The van der Waals surface area contributed by atoms with E-state index in [0.29, 0.717) is 0 Å². The maximum absolute atomic E-state index is 12.8. The van der Waals surface area contributed by atoms with Crippen LogP contribution in [0.4, 0.5) is 13.6 Å². The molecule has 1 aliphatic rings. The molecular formula is C7H13ClF2N2O2. The maximum atomic E-state index is 12.8. The van der Waals surface area contributed by atoms with Crippen LogP contribution in [0.25, 0.3) is 0 Å². The Balaban J connectivity index is 0.00000169. The quantitative estimate of drug-likeness (QED) is 0.633. The summed E-state index contributed by atoms with van der Waals surface area (Å²) in [6.45, 7) is 0. The Morgan fingerprint density at radius 2 is 2.14 bits per heavy atom. The van der Waals surface area contributed by atoms with Crippen molar-refractivity contribution in [3.05, 3.63) is 0 Å². The largest absolute Gasteiger partial charge is 0.465 e. The van der Waals surface area contributed by atoms with Crippen LogP contribution in [0.15, 0.2) is 0 Å². The summed E-state index contributed by atoms with van der Waals surface area (Å²) in [5, 5.41) is 10.3. The summed E-state index contributed by atoms with van der Waals surface area (Å²) in [6.07, 6.45) is -1.91. The summed E-state index contributed by atoms with van der Waals surface area (Å²) in [6, 6.07) is -1.34. The first kappa shape index (κ1) is 13.4. The number of alkyl halides is 2. The number of carbonyl (C=O) groups is 1. The van der Waals surface area contributed by atoms with Crippen molar-refractivity contribution in [3.63, 3.8) is 0 Å². The van der Waals surface area contributed by atoms with Crippen molar-refractivity contribution in [2.24, 2.45) is 5.73 Å². The lowest BCUT2D eigenvalue weighted by molar-refractivity contribution is -0.0476. The van der Waals surface area contributed by atoms with Crippen molar-refractivity contribution in [2.45, 2.75) is 37.3 Å². The van der Waals surface area contributed by atoms with Gasteiger partial charge < -0.3 is 16.2 Å². The van der Waals surface area contributed by atoms with Gasteiger partial charge in [-0.2, -0.15) is 0 Å². The van der Waals surface area contributed by atoms with E-state index < -0.39 is 30.5 Å². The second kappa shape index (κ2) is 4.75. The lowest BCUT2D eigenvalue weighted by Gasteiger charge is -2.33. The van der Waals surface area contributed by atoms with E-state index in [0.717, 1.165) is 0 Å². The van der Waals surface area contributed by atoms with Crippen molar-refractivity contribution >= 4 is 18.5 Å². The predicted octanol–water partition coefficient (Wildman–Crippen LogP) is 1.19. The van der Waals surface area contributed by atoms with E-state index in [4.69, 9.17) is 10.8 Å². The summed E-state index contributed by atoms with van der Waals surface area (Å²) < 4.78 is 25.6. The number of nitrogens with one attached hydrogen (secondary N) is 1. The Morgan fingerprint density at radius 3 is 2.64 bits per heavy atom. The minimum atomic E-state index is -2.79. The molecule has 0 aromatic carbocycles. The molecule has 2 atom stereocenters. The molecule has 0 bridgehead atoms. The van der Waals surface area contributed by atoms with E-state index in [9.17, 15) is 13.6 Å². The van der Waals surface area contributed by atoms with E-state index in [2.05, 4.69) is 0 Å². The molecule has 84 valence electrons. The third kappa shape index (κ3) is 3.63. The van der Waals surface area contributed by atoms with E-state index in [1.807, 2.05) is 5.32 Å². The molecule has 4 nitrogen and oxygen atoms in total. The third-order valence-electron chi connectivity index (χ3n) is 2.19. The van der Waals surface area contributed by atoms with Gasteiger partial charge in [0.25, 0.3) is 0 Å². The van der Waals surface area contributed by atoms with Crippen LogP contribution in [0.2, 0.25) is 0 Å². The summed E-state index contributed by atoms with van der Waals surface area (Å²) in [7, 11) is 0. The molecule has 0 unspecified atom stereocenters. The Bertz CT molecular complexity index is 216. The fourth-order valence-electron chi connectivity index (χ4n) is 1.47. The van der Waals surface area contributed by atoms with Crippen LogP contribution < -0.4 is 11.1 Å². The number of rotatable bonds is 1. The number of amides is 1. The van der Waals surface area contributed by atoms with Gasteiger partial charge in [-0.1, -0.05) is 0 Å². The fourth-order valence-corrected chi connectivity index (χ4v) is 1.47. The van der Waals surface area contributed by atoms with Gasteiger partial charge in [-0.25, -0.2) is 13.6 Å². The average molecular weight is 231 g/mol. The molecule has 1 aliphatic carbocycles. The number of halogens is 3. The predicted molar refractivity (Wildman–Crippen MR) is 49.0 cm³/mol. The second-order valence-corrected chi connectivity index (χ2v) is 3.32. The third-order valence-corrected chi connectivity index (χ3v) is 2.19. The minimum Gasteiger partial charge on any atom is -0.465 e. The average Bonchev–Trinajstić information content (AvgIpc) is 1.95. The van der Waals surface area contributed by atoms with Gasteiger partial charge in [0.1, 0.15) is 0 Å². The van der Waals surface area contributed by atoms with Crippen molar-refractivity contribution in [1.82, 2.24) is 5.32 Å². The molecule has 4 N–H and O–H groups in total.